The molecular weight excluding hydrogens is 280 g/mol. The van der Waals surface area contributed by atoms with Crippen LogP contribution in [0.5, 0.6) is 0 Å². The van der Waals surface area contributed by atoms with Crippen molar-refractivity contribution in [2.24, 2.45) is 11.3 Å². The number of hydrogen-bond donors (Lipinski definition) is 1. The van der Waals surface area contributed by atoms with Crippen LogP contribution in [-0.2, 0) is 4.79 Å². The summed E-state index contributed by atoms with van der Waals surface area (Å²) in [7, 11) is 0. The van der Waals surface area contributed by atoms with E-state index in [9.17, 15) is 4.79 Å². The molecule has 1 saturated heterocycles. The van der Waals surface area contributed by atoms with Crippen LogP contribution in [0.15, 0.2) is 17.5 Å². The predicted molar refractivity (Wildman–Crippen MR) is 89.2 cm³/mol. The van der Waals surface area contributed by atoms with Crippen LogP contribution in [0.1, 0.15) is 58.5 Å². The van der Waals surface area contributed by atoms with E-state index in [0.717, 1.165) is 19.4 Å². The lowest BCUT2D eigenvalue weighted by molar-refractivity contribution is -0.131. The maximum atomic E-state index is 12.8. The summed E-state index contributed by atoms with van der Waals surface area (Å²) in [6, 6.07) is 4.14. The summed E-state index contributed by atoms with van der Waals surface area (Å²) in [6.45, 7) is 11.8. The van der Waals surface area contributed by atoms with E-state index in [1.807, 2.05) is 4.90 Å². The Balaban J connectivity index is 2.18. The van der Waals surface area contributed by atoms with Crippen LogP contribution in [0.4, 0.5) is 0 Å². The topological polar surface area (TPSA) is 32.3 Å². The number of nitrogens with one attached hydrogen (secondary N) is 1. The highest BCUT2D eigenvalue weighted by atomic mass is 32.1. The maximum Gasteiger partial charge on any atom is 0.241 e. The Kier molecular flexibility index (Phi) is 5.10. The van der Waals surface area contributed by atoms with Gasteiger partial charge in [-0.25, -0.2) is 0 Å². The molecule has 3 atom stereocenters. The molecule has 1 N–H and O–H groups in total. The summed E-state index contributed by atoms with van der Waals surface area (Å²) in [5.41, 5.74) is 0.245. The maximum absolute atomic E-state index is 12.8. The van der Waals surface area contributed by atoms with Crippen molar-refractivity contribution in [2.75, 3.05) is 6.54 Å². The number of amides is 1. The van der Waals surface area contributed by atoms with Gasteiger partial charge in [-0.3, -0.25) is 10.1 Å². The molecule has 4 heteroatoms. The molecule has 0 aliphatic carbocycles. The molecule has 1 aliphatic rings. The number of carbonyl (C=O) groups excluding carboxylic acids is 1. The largest absolute Gasteiger partial charge is 0.321 e. The van der Waals surface area contributed by atoms with Crippen molar-refractivity contribution < 1.29 is 4.79 Å². The Hall–Kier alpha value is -0.870. The van der Waals surface area contributed by atoms with Crippen LogP contribution >= 0.6 is 11.3 Å². The fourth-order valence-electron chi connectivity index (χ4n) is 2.66. The predicted octanol–water partition coefficient (Wildman–Crippen LogP) is 4.03. The van der Waals surface area contributed by atoms with Gasteiger partial charge in [-0.05, 0) is 29.2 Å². The Bertz CT molecular complexity index is 464. The Morgan fingerprint density at radius 3 is 2.67 bits per heavy atom. The molecule has 1 aliphatic heterocycles. The normalized spacial score (nSPS) is 24.6. The van der Waals surface area contributed by atoms with Crippen molar-refractivity contribution in [1.29, 1.82) is 0 Å². The summed E-state index contributed by atoms with van der Waals surface area (Å²) in [6.07, 6.45) is 2.10. The Labute approximate surface area is 132 Å². The third-order valence-electron chi connectivity index (χ3n) is 4.33. The molecule has 21 heavy (non-hydrogen) atoms. The second-order valence-corrected chi connectivity index (χ2v) is 8.27. The SMILES string of the molecule is CCC(C)C1NC(c2cccs2)N(CCC(C)(C)C)C1=O. The van der Waals surface area contributed by atoms with Gasteiger partial charge in [0.1, 0.15) is 6.17 Å². The summed E-state index contributed by atoms with van der Waals surface area (Å²) in [5, 5.41) is 5.65. The quantitative estimate of drug-likeness (QED) is 0.890. The number of carbonyl (C=O) groups is 1. The lowest BCUT2D eigenvalue weighted by atomic mass is 9.92. The zero-order valence-corrected chi connectivity index (χ0v) is 14.7. The van der Waals surface area contributed by atoms with Gasteiger partial charge in [0, 0.05) is 11.4 Å². The summed E-state index contributed by atoms with van der Waals surface area (Å²) >= 11 is 1.72. The molecule has 2 heterocycles. The van der Waals surface area contributed by atoms with Gasteiger partial charge in [-0.2, -0.15) is 0 Å². The summed E-state index contributed by atoms with van der Waals surface area (Å²) in [4.78, 5) is 16.1. The molecule has 3 unspecified atom stereocenters. The molecule has 0 spiro atoms. The van der Waals surface area contributed by atoms with Crippen molar-refractivity contribution in [3.05, 3.63) is 22.4 Å². The highest BCUT2D eigenvalue weighted by molar-refractivity contribution is 7.10. The second kappa shape index (κ2) is 6.49. The van der Waals surface area contributed by atoms with Gasteiger partial charge in [0.2, 0.25) is 5.91 Å². The van der Waals surface area contributed by atoms with E-state index in [1.165, 1.54) is 4.88 Å². The van der Waals surface area contributed by atoms with Crippen LogP contribution in [0, 0.1) is 11.3 Å². The molecule has 0 radical (unpaired) electrons. The van der Waals surface area contributed by atoms with Gasteiger partial charge in [0.05, 0.1) is 6.04 Å². The first-order valence-electron chi connectivity index (χ1n) is 7.93. The van der Waals surface area contributed by atoms with E-state index in [4.69, 9.17) is 0 Å². The molecule has 1 aromatic heterocycles. The monoisotopic (exact) mass is 308 g/mol. The Morgan fingerprint density at radius 1 is 1.43 bits per heavy atom. The highest BCUT2D eigenvalue weighted by Gasteiger charge is 2.42. The molecule has 118 valence electrons. The first-order valence-corrected chi connectivity index (χ1v) is 8.81. The van der Waals surface area contributed by atoms with Crippen LogP contribution < -0.4 is 5.32 Å². The third kappa shape index (κ3) is 3.86. The molecule has 0 bridgehead atoms. The zero-order chi connectivity index (χ0) is 15.6. The van der Waals surface area contributed by atoms with E-state index in [2.05, 4.69) is 57.4 Å². The van der Waals surface area contributed by atoms with Gasteiger partial charge >= 0.3 is 0 Å². The van der Waals surface area contributed by atoms with Gasteiger partial charge in [0.15, 0.2) is 0 Å². The molecular formula is C17H28N2OS. The van der Waals surface area contributed by atoms with Crippen LogP contribution in [0.25, 0.3) is 0 Å². The molecule has 0 saturated carbocycles. The summed E-state index contributed by atoms with van der Waals surface area (Å²) < 4.78 is 0. The molecule has 0 aromatic carbocycles. The van der Waals surface area contributed by atoms with Gasteiger partial charge in [-0.15, -0.1) is 11.3 Å². The van der Waals surface area contributed by atoms with Crippen molar-refractivity contribution in [3.63, 3.8) is 0 Å². The minimum absolute atomic E-state index is 0.0398. The van der Waals surface area contributed by atoms with Crippen LogP contribution in [-0.4, -0.2) is 23.4 Å². The van der Waals surface area contributed by atoms with Crippen molar-refractivity contribution >= 4 is 17.2 Å². The van der Waals surface area contributed by atoms with Gasteiger partial charge < -0.3 is 4.90 Å². The fourth-order valence-corrected chi connectivity index (χ4v) is 3.45. The molecule has 1 aromatic rings. The van der Waals surface area contributed by atoms with Crippen LogP contribution in [0.3, 0.4) is 0 Å². The molecule has 3 nitrogen and oxygen atoms in total. The fraction of sp³-hybridized carbons (Fsp3) is 0.706. The van der Waals surface area contributed by atoms with E-state index >= 15 is 0 Å². The van der Waals surface area contributed by atoms with Crippen molar-refractivity contribution in [3.8, 4) is 0 Å². The van der Waals surface area contributed by atoms with Gasteiger partial charge in [0.25, 0.3) is 0 Å². The van der Waals surface area contributed by atoms with E-state index in [-0.39, 0.29) is 23.5 Å². The molecule has 1 fully saturated rings. The average molecular weight is 308 g/mol. The molecule has 2 rings (SSSR count). The smallest absolute Gasteiger partial charge is 0.241 e. The minimum Gasteiger partial charge on any atom is -0.321 e. The number of nitrogens with zero attached hydrogens (tertiary/aromatic N) is 1. The Morgan fingerprint density at radius 2 is 2.14 bits per heavy atom. The lowest BCUT2D eigenvalue weighted by Crippen LogP contribution is -2.36. The second-order valence-electron chi connectivity index (χ2n) is 7.29. The zero-order valence-electron chi connectivity index (χ0n) is 13.8. The number of thiophene rings is 1. The lowest BCUT2D eigenvalue weighted by Gasteiger charge is -2.27. The van der Waals surface area contributed by atoms with Gasteiger partial charge in [-0.1, -0.05) is 47.1 Å². The number of hydrogen-bond acceptors (Lipinski definition) is 3. The molecule has 1 amide bonds. The minimum atomic E-state index is -0.0398. The standard InChI is InChI=1S/C17H28N2OS/c1-6-12(2)14-16(20)19(10-9-17(3,4)5)15(18-14)13-8-7-11-21-13/h7-8,11-12,14-15,18H,6,9-10H2,1-5H3. The average Bonchev–Trinajstić information content (AvgIpc) is 3.02. The van der Waals surface area contributed by atoms with E-state index in [0.29, 0.717) is 5.92 Å². The third-order valence-corrected chi connectivity index (χ3v) is 5.25. The highest BCUT2D eigenvalue weighted by Crippen LogP contribution is 2.33. The van der Waals surface area contributed by atoms with E-state index < -0.39 is 0 Å². The van der Waals surface area contributed by atoms with Crippen molar-refractivity contribution in [2.45, 2.75) is 59.7 Å². The summed E-state index contributed by atoms with van der Waals surface area (Å²) in [5.74, 6) is 0.645. The van der Waals surface area contributed by atoms with E-state index in [1.54, 1.807) is 11.3 Å². The van der Waals surface area contributed by atoms with Crippen LogP contribution in [0.2, 0.25) is 0 Å². The van der Waals surface area contributed by atoms with Crippen molar-refractivity contribution in [1.82, 2.24) is 10.2 Å². The first-order chi connectivity index (χ1) is 9.83. The first kappa shape index (κ1) is 16.5. The number of rotatable bonds is 5.